The molecule has 2 aromatic rings. The van der Waals surface area contributed by atoms with Crippen molar-refractivity contribution in [3.63, 3.8) is 0 Å². The maximum absolute atomic E-state index is 12.5. The standard InChI is InChI=1S/C20H26N2O4S/c1-5-22(27(24,25)6-2)17-13-11-16(12-14-17)20(23)21-15(3)18-9-7-8-10-19(18)26-4/h7-15H,5-6H2,1-4H3,(H,21,23). The summed E-state index contributed by atoms with van der Waals surface area (Å²) in [5, 5.41) is 2.94. The van der Waals surface area contributed by atoms with E-state index in [9.17, 15) is 13.2 Å². The molecule has 7 heteroatoms. The fraction of sp³-hybridized carbons (Fsp3) is 0.350. The maximum atomic E-state index is 12.5. The van der Waals surface area contributed by atoms with Crippen LogP contribution in [0.2, 0.25) is 0 Å². The van der Waals surface area contributed by atoms with Crippen LogP contribution in [0.4, 0.5) is 5.69 Å². The first kappa shape index (κ1) is 20.8. The summed E-state index contributed by atoms with van der Waals surface area (Å²) in [6, 6.07) is 13.9. The minimum atomic E-state index is -3.34. The number of methoxy groups -OCH3 is 1. The van der Waals surface area contributed by atoms with E-state index in [-0.39, 0.29) is 17.7 Å². The molecule has 2 aromatic carbocycles. The molecule has 0 heterocycles. The van der Waals surface area contributed by atoms with E-state index in [2.05, 4.69) is 5.32 Å². The van der Waals surface area contributed by atoms with E-state index in [1.165, 1.54) is 4.31 Å². The molecule has 0 spiro atoms. The van der Waals surface area contributed by atoms with Gasteiger partial charge in [0.1, 0.15) is 5.75 Å². The molecule has 1 amide bonds. The van der Waals surface area contributed by atoms with Gasteiger partial charge in [0.25, 0.3) is 5.91 Å². The second kappa shape index (κ2) is 8.90. The number of carbonyl (C=O) groups is 1. The number of sulfonamides is 1. The van der Waals surface area contributed by atoms with Crippen LogP contribution in [0, 0.1) is 0 Å². The zero-order valence-corrected chi connectivity index (χ0v) is 16.9. The summed E-state index contributed by atoms with van der Waals surface area (Å²) in [7, 11) is -1.75. The van der Waals surface area contributed by atoms with E-state index < -0.39 is 10.0 Å². The van der Waals surface area contributed by atoms with E-state index >= 15 is 0 Å². The van der Waals surface area contributed by atoms with Crippen molar-refractivity contribution in [3.05, 3.63) is 59.7 Å². The van der Waals surface area contributed by atoms with Gasteiger partial charge < -0.3 is 10.1 Å². The number of nitrogens with zero attached hydrogens (tertiary/aromatic N) is 1. The van der Waals surface area contributed by atoms with Gasteiger partial charge in [0, 0.05) is 17.7 Å². The van der Waals surface area contributed by atoms with Crippen LogP contribution in [0.15, 0.2) is 48.5 Å². The van der Waals surface area contributed by atoms with Gasteiger partial charge in [0.05, 0.1) is 24.6 Å². The van der Waals surface area contributed by atoms with Crippen LogP contribution in [0.1, 0.15) is 42.7 Å². The Morgan fingerprint density at radius 1 is 1.11 bits per heavy atom. The van der Waals surface area contributed by atoms with Crippen molar-refractivity contribution in [2.45, 2.75) is 26.8 Å². The molecule has 1 N–H and O–H groups in total. The molecular weight excluding hydrogens is 364 g/mol. The third kappa shape index (κ3) is 4.80. The van der Waals surface area contributed by atoms with E-state index in [0.29, 0.717) is 23.5 Å². The quantitative estimate of drug-likeness (QED) is 0.750. The normalized spacial score (nSPS) is 12.3. The largest absolute Gasteiger partial charge is 0.496 e. The number of nitrogens with one attached hydrogen (secondary N) is 1. The molecule has 6 nitrogen and oxygen atoms in total. The smallest absolute Gasteiger partial charge is 0.251 e. The molecule has 0 aliphatic heterocycles. The highest BCUT2D eigenvalue weighted by atomic mass is 32.2. The minimum Gasteiger partial charge on any atom is -0.496 e. The summed E-state index contributed by atoms with van der Waals surface area (Å²) in [6.07, 6.45) is 0. The highest BCUT2D eigenvalue weighted by molar-refractivity contribution is 7.92. The average molecular weight is 391 g/mol. The Bertz CT molecular complexity index is 879. The lowest BCUT2D eigenvalue weighted by atomic mass is 10.1. The van der Waals surface area contributed by atoms with Crippen molar-refractivity contribution in [1.29, 1.82) is 0 Å². The van der Waals surface area contributed by atoms with Gasteiger partial charge in [-0.05, 0) is 51.1 Å². The SMILES string of the molecule is CCN(c1ccc(C(=O)NC(C)c2ccccc2OC)cc1)S(=O)(=O)CC. The lowest BCUT2D eigenvalue weighted by Gasteiger charge is -2.22. The Hall–Kier alpha value is -2.54. The number of hydrogen-bond acceptors (Lipinski definition) is 4. The minimum absolute atomic E-state index is 0.0273. The van der Waals surface area contributed by atoms with Gasteiger partial charge in [-0.2, -0.15) is 0 Å². The van der Waals surface area contributed by atoms with Crippen molar-refractivity contribution < 1.29 is 17.9 Å². The number of carbonyl (C=O) groups excluding carboxylic acids is 1. The number of rotatable bonds is 8. The van der Waals surface area contributed by atoms with E-state index in [0.717, 1.165) is 5.56 Å². The highest BCUT2D eigenvalue weighted by Gasteiger charge is 2.19. The monoisotopic (exact) mass is 390 g/mol. The van der Waals surface area contributed by atoms with Gasteiger partial charge in [0.2, 0.25) is 10.0 Å². The molecule has 1 atom stereocenters. The molecule has 0 aromatic heterocycles. The van der Waals surface area contributed by atoms with Crippen molar-refractivity contribution in [2.24, 2.45) is 0 Å². The number of amides is 1. The van der Waals surface area contributed by atoms with Crippen molar-refractivity contribution in [1.82, 2.24) is 5.32 Å². The Morgan fingerprint density at radius 2 is 1.74 bits per heavy atom. The van der Waals surface area contributed by atoms with Gasteiger partial charge in [0.15, 0.2) is 0 Å². The summed E-state index contributed by atoms with van der Waals surface area (Å²) < 4.78 is 31.0. The van der Waals surface area contributed by atoms with Gasteiger partial charge in [-0.25, -0.2) is 8.42 Å². The molecule has 146 valence electrons. The first-order valence-corrected chi connectivity index (χ1v) is 10.5. The fourth-order valence-corrected chi connectivity index (χ4v) is 4.00. The number of para-hydroxylation sites is 1. The van der Waals surface area contributed by atoms with Crippen molar-refractivity contribution in [3.8, 4) is 5.75 Å². The van der Waals surface area contributed by atoms with Crippen molar-refractivity contribution in [2.75, 3.05) is 23.7 Å². The van der Waals surface area contributed by atoms with E-state index in [1.54, 1.807) is 45.2 Å². The predicted octanol–water partition coefficient (Wildman–Crippen LogP) is 3.36. The highest BCUT2D eigenvalue weighted by Crippen LogP contribution is 2.25. The zero-order chi connectivity index (χ0) is 20.0. The Labute approximate surface area is 161 Å². The maximum Gasteiger partial charge on any atom is 0.251 e. The molecular formula is C20H26N2O4S. The summed E-state index contributed by atoms with van der Waals surface area (Å²) in [4.78, 5) is 12.5. The summed E-state index contributed by atoms with van der Waals surface area (Å²) >= 11 is 0. The van der Waals surface area contributed by atoms with E-state index in [1.807, 2.05) is 31.2 Å². The van der Waals surface area contributed by atoms with Gasteiger partial charge in [-0.15, -0.1) is 0 Å². The molecule has 27 heavy (non-hydrogen) atoms. The second-order valence-electron chi connectivity index (χ2n) is 6.05. The summed E-state index contributed by atoms with van der Waals surface area (Å²) in [5.41, 5.74) is 1.90. The van der Waals surface area contributed by atoms with Crippen LogP contribution in [0.25, 0.3) is 0 Å². The summed E-state index contributed by atoms with van der Waals surface area (Å²) in [5.74, 6) is 0.504. The molecule has 0 radical (unpaired) electrons. The van der Waals surface area contributed by atoms with Crippen LogP contribution in [0.5, 0.6) is 5.75 Å². The van der Waals surface area contributed by atoms with Gasteiger partial charge in [-0.1, -0.05) is 18.2 Å². The number of hydrogen-bond donors (Lipinski definition) is 1. The molecule has 2 rings (SSSR count). The lowest BCUT2D eigenvalue weighted by molar-refractivity contribution is 0.0939. The zero-order valence-electron chi connectivity index (χ0n) is 16.1. The molecule has 0 aliphatic carbocycles. The Kier molecular flexibility index (Phi) is 6.85. The molecule has 0 saturated heterocycles. The van der Waals surface area contributed by atoms with E-state index in [4.69, 9.17) is 4.74 Å². The molecule has 0 bridgehead atoms. The van der Waals surface area contributed by atoms with Gasteiger partial charge >= 0.3 is 0 Å². The Balaban J connectivity index is 2.16. The first-order valence-electron chi connectivity index (χ1n) is 8.88. The molecule has 0 aliphatic rings. The molecule has 0 saturated carbocycles. The van der Waals surface area contributed by atoms with Crippen LogP contribution < -0.4 is 14.4 Å². The topological polar surface area (TPSA) is 75.7 Å². The molecule has 0 fully saturated rings. The lowest BCUT2D eigenvalue weighted by Crippen LogP contribution is -2.32. The Morgan fingerprint density at radius 3 is 2.30 bits per heavy atom. The number of anilines is 1. The number of benzene rings is 2. The van der Waals surface area contributed by atoms with Crippen LogP contribution in [-0.4, -0.2) is 33.7 Å². The third-order valence-corrected chi connectivity index (χ3v) is 6.23. The number of ether oxygens (including phenoxy) is 1. The van der Waals surface area contributed by atoms with Crippen LogP contribution >= 0.6 is 0 Å². The van der Waals surface area contributed by atoms with Crippen molar-refractivity contribution >= 4 is 21.6 Å². The summed E-state index contributed by atoms with van der Waals surface area (Å²) in [6.45, 7) is 5.62. The predicted molar refractivity (Wildman–Crippen MR) is 108 cm³/mol. The second-order valence-corrected chi connectivity index (χ2v) is 8.23. The van der Waals surface area contributed by atoms with Gasteiger partial charge in [-0.3, -0.25) is 9.10 Å². The fourth-order valence-electron chi connectivity index (χ4n) is 2.86. The average Bonchev–Trinajstić information content (AvgIpc) is 2.68. The first-order chi connectivity index (χ1) is 12.8. The van der Waals surface area contributed by atoms with Crippen LogP contribution in [0.3, 0.4) is 0 Å². The molecule has 1 unspecified atom stereocenters. The van der Waals surface area contributed by atoms with Crippen LogP contribution in [-0.2, 0) is 10.0 Å². The third-order valence-electron chi connectivity index (χ3n) is 4.36.